The molecule has 1 saturated heterocycles. The van der Waals surface area contributed by atoms with E-state index in [0.717, 1.165) is 63.2 Å². The van der Waals surface area contributed by atoms with Crippen LogP contribution >= 0.6 is 11.6 Å². The Bertz CT molecular complexity index is 978. The monoisotopic (exact) mass is 487 g/mol. The van der Waals surface area contributed by atoms with Crippen molar-refractivity contribution in [2.24, 2.45) is 0 Å². The van der Waals surface area contributed by atoms with Crippen LogP contribution in [-0.4, -0.2) is 57.9 Å². The van der Waals surface area contributed by atoms with Crippen molar-refractivity contribution in [2.75, 3.05) is 26.2 Å². The van der Waals surface area contributed by atoms with E-state index in [2.05, 4.69) is 26.4 Å². The van der Waals surface area contributed by atoms with Crippen LogP contribution in [0.4, 0.5) is 0 Å². The lowest BCUT2D eigenvalue weighted by molar-refractivity contribution is -0.133. The smallest absolute Gasteiger partial charge is 0.227 e. The molecule has 0 atom stereocenters. The number of carbonyl (C=O) groups is 2. The SMILES string of the molecule is CC(=O)NC1(c2noc(CCC(=O)N3CCN(Cc4cccc(Cl)c4)CC3)n2)CCCCCC1. The lowest BCUT2D eigenvalue weighted by Gasteiger charge is -2.34. The fourth-order valence-corrected chi connectivity index (χ4v) is 5.26. The summed E-state index contributed by atoms with van der Waals surface area (Å²) in [7, 11) is 0. The standard InChI is InChI=1S/C25H34ClN5O3/c1-19(32)28-25(11-4-2-3-5-12-25)24-27-22(34-29-24)9-10-23(33)31-15-13-30(14-16-31)18-20-7-6-8-21(26)17-20/h6-8,17H,2-5,9-16,18H2,1H3,(H,28,32). The van der Waals surface area contributed by atoms with Gasteiger partial charge in [-0.1, -0.05) is 54.6 Å². The normalized spacial score (nSPS) is 18.9. The Labute approximate surface area is 206 Å². The van der Waals surface area contributed by atoms with Gasteiger partial charge in [0.05, 0.1) is 0 Å². The fraction of sp³-hybridized carbons (Fsp3) is 0.600. The van der Waals surface area contributed by atoms with Gasteiger partial charge in [-0.15, -0.1) is 0 Å². The molecule has 2 aliphatic rings. The van der Waals surface area contributed by atoms with Gasteiger partial charge < -0.3 is 14.7 Å². The minimum absolute atomic E-state index is 0.0852. The number of rotatable bonds is 7. The number of piperazine rings is 1. The third-order valence-corrected chi connectivity index (χ3v) is 7.08. The third kappa shape index (κ3) is 6.36. The maximum atomic E-state index is 12.8. The van der Waals surface area contributed by atoms with Crippen molar-refractivity contribution in [3.8, 4) is 0 Å². The van der Waals surface area contributed by atoms with E-state index in [4.69, 9.17) is 16.1 Å². The summed E-state index contributed by atoms with van der Waals surface area (Å²) in [5.41, 5.74) is 0.623. The Morgan fingerprint density at radius 3 is 2.53 bits per heavy atom. The number of carbonyl (C=O) groups excluding carboxylic acids is 2. The lowest BCUT2D eigenvalue weighted by atomic mass is 9.89. The summed E-state index contributed by atoms with van der Waals surface area (Å²) in [5, 5.41) is 8.05. The van der Waals surface area contributed by atoms with Crippen LogP contribution in [0.25, 0.3) is 0 Å². The quantitative estimate of drug-likeness (QED) is 0.599. The van der Waals surface area contributed by atoms with Crippen LogP contribution in [0.1, 0.15) is 69.1 Å². The zero-order chi connectivity index (χ0) is 24.0. The minimum Gasteiger partial charge on any atom is -0.343 e. The van der Waals surface area contributed by atoms with E-state index in [1.165, 1.54) is 12.5 Å². The molecule has 8 nitrogen and oxygen atoms in total. The van der Waals surface area contributed by atoms with E-state index in [1.54, 1.807) is 0 Å². The average molecular weight is 488 g/mol. The molecule has 34 heavy (non-hydrogen) atoms. The number of hydrogen-bond donors (Lipinski definition) is 1. The van der Waals surface area contributed by atoms with Crippen LogP contribution in [0.15, 0.2) is 28.8 Å². The number of nitrogens with one attached hydrogen (secondary N) is 1. The fourth-order valence-electron chi connectivity index (χ4n) is 5.05. The molecule has 1 aliphatic carbocycles. The molecule has 1 aliphatic heterocycles. The average Bonchev–Trinajstić information content (AvgIpc) is 3.18. The molecule has 2 amide bonds. The highest BCUT2D eigenvalue weighted by Gasteiger charge is 2.38. The Morgan fingerprint density at radius 1 is 1.12 bits per heavy atom. The number of nitrogens with zero attached hydrogens (tertiary/aromatic N) is 4. The molecule has 184 valence electrons. The van der Waals surface area contributed by atoms with Gasteiger partial charge in [0.1, 0.15) is 5.54 Å². The topological polar surface area (TPSA) is 91.6 Å². The van der Waals surface area contributed by atoms with Crippen LogP contribution in [0, 0.1) is 0 Å². The van der Waals surface area contributed by atoms with Crippen molar-refractivity contribution in [3.05, 3.63) is 46.6 Å². The van der Waals surface area contributed by atoms with E-state index in [0.29, 0.717) is 37.6 Å². The van der Waals surface area contributed by atoms with Crippen LogP contribution in [0.5, 0.6) is 0 Å². The molecule has 4 rings (SSSR count). The highest BCUT2D eigenvalue weighted by molar-refractivity contribution is 6.30. The molecular weight excluding hydrogens is 454 g/mol. The first-order valence-electron chi connectivity index (χ1n) is 12.3. The van der Waals surface area contributed by atoms with Gasteiger partial charge in [0.25, 0.3) is 0 Å². The maximum absolute atomic E-state index is 12.8. The second-order valence-electron chi connectivity index (χ2n) is 9.48. The van der Waals surface area contributed by atoms with E-state index in [-0.39, 0.29) is 11.8 Å². The lowest BCUT2D eigenvalue weighted by Crippen LogP contribution is -2.48. The number of hydrogen-bond acceptors (Lipinski definition) is 6. The highest BCUT2D eigenvalue weighted by atomic mass is 35.5. The number of amides is 2. The van der Waals surface area contributed by atoms with Crippen molar-refractivity contribution in [1.82, 2.24) is 25.3 Å². The number of aromatic nitrogens is 2. The van der Waals surface area contributed by atoms with Crippen LogP contribution < -0.4 is 5.32 Å². The predicted molar refractivity (Wildman–Crippen MR) is 129 cm³/mol. The third-order valence-electron chi connectivity index (χ3n) is 6.84. The largest absolute Gasteiger partial charge is 0.343 e. The summed E-state index contributed by atoms with van der Waals surface area (Å²) in [6.07, 6.45) is 6.69. The van der Waals surface area contributed by atoms with Gasteiger partial charge in [-0.2, -0.15) is 4.98 Å². The van der Waals surface area contributed by atoms with Gasteiger partial charge in [-0.25, -0.2) is 0 Å². The summed E-state index contributed by atoms with van der Waals surface area (Å²) >= 11 is 6.09. The van der Waals surface area contributed by atoms with Gasteiger partial charge in [0.15, 0.2) is 5.82 Å². The van der Waals surface area contributed by atoms with Gasteiger partial charge in [-0.05, 0) is 30.5 Å². The molecule has 0 bridgehead atoms. The van der Waals surface area contributed by atoms with Gasteiger partial charge >= 0.3 is 0 Å². The molecule has 2 fully saturated rings. The molecular formula is C25H34ClN5O3. The Balaban J connectivity index is 1.28. The molecule has 2 heterocycles. The molecule has 1 N–H and O–H groups in total. The second-order valence-corrected chi connectivity index (χ2v) is 9.91. The first-order chi connectivity index (χ1) is 16.4. The highest BCUT2D eigenvalue weighted by Crippen LogP contribution is 2.34. The zero-order valence-electron chi connectivity index (χ0n) is 19.9. The van der Waals surface area contributed by atoms with Crippen molar-refractivity contribution >= 4 is 23.4 Å². The molecule has 9 heteroatoms. The van der Waals surface area contributed by atoms with E-state index in [9.17, 15) is 9.59 Å². The van der Waals surface area contributed by atoms with Crippen molar-refractivity contribution < 1.29 is 14.1 Å². The van der Waals surface area contributed by atoms with Crippen LogP contribution in [0.2, 0.25) is 5.02 Å². The summed E-state index contributed by atoms with van der Waals surface area (Å²) in [5.74, 6) is 1.02. The number of halogens is 1. The molecule has 0 spiro atoms. The molecule has 0 radical (unpaired) electrons. The Morgan fingerprint density at radius 2 is 1.85 bits per heavy atom. The van der Waals surface area contributed by atoms with Crippen LogP contribution in [-0.2, 0) is 28.1 Å². The van der Waals surface area contributed by atoms with Crippen molar-refractivity contribution in [3.63, 3.8) is 0 Å². The summed E-state index contributed by atoms with van der Waals surface area (Å²) in [6, 6.07) is 7.91. The molecule has 2 aromatic rings. The van der Waals surface area contributed by atoms with E-state index >= 15 is 0 Å². The van der Waals surface area contributed by atoms with Gasteiger partial charge in [-0.3, -0.25) is 14.5 Å². The van der Waals surface area contributed by atoms with E-state index in [1.807, 2.05) is 23.1 Å². The van der Waals surface area contributed by atoms with Gasteiger partial charge in [0, 0.05) is 57.5 Å². The first-order valence-corrected chi connectivity index (χ1v) is 12.7. The molecule has 0 unspecified atom stereocenters. The molecule has 1 aromatic heterocycles. The maximum Gasteiger partial charge on any atom is 0.227 e. The predicted octanol–water partition coefficient (Wildman–Crippen LogP) is 3.69. The zero-order valence-corrected chi connectivity index (χ0v) is 20.6. The Kier molecular flexibility index (Phi) is 8.21. The number of benzene rings is 1. The second kappa shape index (κ2) is 11.3. The van der Waals surface area contributed by atoms with Crippen molar-refractivity contribution in [2.45, 2.75) is 70.4 Å². The van der Waals surface area contributed by atoms with Crippen molar-refractivity contribution in [1.29, 1.82) is 0 Å². The van der Waals surface area contributed by atoms with E-state index < -0.39 is 5.54 Å². The summed E-state index contributed by atoms with van der Waals surface area (Å²) in [6.45, 7) is 5.45. The number of aryl methyl sites for hydroxylation is 1. The molecule has 1 saturated carbocycles. The Hall–Kier alpha value is -2.45. The summed E-state index contributed by atoms with van der Waals surface area (Å²) < 4.78 is 5.49. The van der Waals surface area contributed by atoms with Gasteiger partial charge in [0.2, 0.25) is 17.7 Å². The first kappa shape index (κ1) is 24.7. The molecule has 1 aromatic carbocycles. The van der Waals surface area contributed by atoms with Crippen LogP contribution in [0.3, 0.4) is 0 Å². The summed E-state index contributed by atoms with van der Waals surface area (Å²) in [4.78, 5) is 33.5. The minimum atomic E-state index is -0.562.